The normalized spacial score (nSPS) is 17.5. The summed E-state index contributed by atoms with van der Waals surface area (Å²) in [5.74, 6) is 0.254. The highest BCUT2D eigenvalue weighted by Gasteiger charge is 2.21. The third-order valence-electron chi connectivity index (χ3n) is 4.32. The van der Waals surface area contributed by atoms with E-state index in [0.717, 1.165) is 19.6 Å². The van der Waals surface area contributed by atoms with Crippen LogP contribution in [0.15, 0.2) is 48.5 Å². The van der Waals surface area contributed by atoms with Gasteiger partial charge in [-0.15, -0.1) is 0 Å². The van der Waals surface area contributed by atoms with Crippen LogP contribution in [0.25, 0.3) is 0 Å². The van der Waals surface area contributed by atoms with Gasteiger partial charge < -0.3 is 14.8 Å². The van der Waals surface area contributed by atoms with Crippen LogP contribution in [0, 0.1) is 0 Å². The second-order valence-electron chi connectivity index (χ2n) is 6.28. The fourth-order valence-corrected chi connectivity index (χ4v) is 3.38. The van der Waals surface area contributed by atoms with Gasteiger partial charge in [0, 0.05) is 31.2 Å². The third-order valence-corrected chi connectivity index (χ3v) is 4.86. The monoisotopic (exact) mass is 408 g/mol. The van der Waals surface area contributed by atoms with Gasteiger partial charge in [0.05, 0.1) is 17.7 Å². The van der Waals surface area contributed by atoms with Crippen LogP contribution < -0.4 is 10.1 Å². The molecule has 0 saturated carbocycles. The molecule has 1 fully saturated rings. The number of nitrogens with zero attached hydrogens (tertiary/aromatic N) is 1. The maximum Gasteiger partial charge on any atom is 0.257 e. The van der Waals surface area contributed by atoms with Gasteiger partial charge >= 0.3 is 0 Å². The van der Waals surface area contributed by atoms with Gasteiger partial charge in [0.2, 0.25) is 0 Å². The highest BCUT2D eigenvalue weighted by molar-refractivity contribution is 6.35. The van der Waals surface area contributed by atoms with E-state index in [1.807, 2.05) is 18.2 Å². The Morgan fingerprint density at radius 2 is 2.04 bits per heavy atom. The lowest BCUT2D eigenvalue weighted by molar-refractivity contribution is -0.123. The number of halogens is 2. The second-order valence-corrected chi connectivity index (χ2v) is 7.13. The van der Waals surface area contributed by atoms with Crippen molar-refractivity contribution in [2.24, 2.45) is 0 Å². The van der Waals surface area contributed by atoms with Crippen LogP contribution in [0.4, 0.5) is 0 Å². The van der Waals surface area contributed by atoms with E-state index in [1.54, 1.807) is 18.2 Å². The number of carbonyl (C=O) groups excluding carboxylic acids is 1. The van der Waals surface area contributed by atoms with Crippen molar-refractivity contribution < 1.29 is 14.3 Å². The Labute approximate surface area is 169 Å². The number of amides is 1. The van der Waals surface area contributed by atoms with E-state index in [-0.39, 0.29) is 18.6 Å². The van der Waals surface area contributed by atoms with Gasteiger partial charge in [-0.3, -0.25) is 9.69 Å². The number of benzene rings is 2. The Bertz CT molecular complexity index is 758. The van der Waals surface area contributed by atoms with Crippen LogP contribution in [0.5, 0.6) is 5.75 Å². The standard InChI is InChI=1S/C20H22Cl2N2O3/c21-16-6-7-18(17(22)12-16)27-14-20(25)23-8-9-24-10-11-26-19(13-24)15-4-2-1-3-5-15/h1-7,12,19H,8-11,13-14H2,(H,23,25). The highest BCUT2D eigenvalue weighted by atomic mass is 35.5. The average Bonchev–Trinajstić information content (AvgIpc) is 2.68. The molecule has 27 heavy (non-hydrogen) atoms. The highest BCUT2D eigenvalue weighted by Crippen LogP contribution is 2.27. The molecule has 0 bridgehead atoms. The molecular weight excluding hydrogens is 387 g/mol. The molecule has 1 unspecified atom stereocenters. The molecule has 7 heteroatoms. The van der Waals surface area contributed by atoms with Gasteiger partial charge in [-0.05, 0) is 23.8 Å². The smallest absolute Gasteiger partial charge is 0.257 e. The second kappa shape index (κ2) is 9.95. The van der Waals surface area contributed by atoms with Crippen LogP contribution >= 0.6 is 23.2 Å². The molecule has 144 valence electrons. The van der Waals surface area contributed by atoms with Crippen molar-refractivity contribution in [1.82, 2.24) is 10.2 Å². The van der Waals surface area contributed by atoms with Crippen molar-refractivity contribution in [3.05, 3.63) is 64.1 Å². The lowest BCUT2D eigenvalue weighted by atomic mass is 10.1. The summed E-state index contributed by atoms with van der Waals surface area (Å²) in [5, 5.41) is 3.78. The summed E-state index contributed by atoms with van der Waals surface area (Å²) in [4.78, 5) is 14.3. The minimum absolute atomic E-state index is 0.0750. The third kappa shape index (κ3) is 6.11. The zero-order valence-corrected chi connectivity index (χ0v) is 16.4. The fraction of sp³-hybridized carbons (Fsp3) is 0.350. The topological polar surface area (TPSA) is 50.8 Å². The van der Waals surface area contributed by atoms with Crippen molar-refractivity contribution in [2.45, 2.75) is 6.10 Å². The molecule has 2 aromatic carbocycles. The maximum atomic E-state index is 12.0. The molecule has 0 spiro atoms. The largest absolute Gasteiger partial charge is 0.482 e. The van der Waals surface area contributed by atoms with Gasteiger partial charge in [-0.1, -0.05) is 53.5 Å². The number of nitrogens with one attached hydrogen (secondary N) is 1. The van der Waals surface area contributed by atoms with Crippen LogP contribution in [0.2, 0.25) is 10.0 Å². The number of rotatable bonds is 7. The molecule has 1 atom stereocenters. The molecule has 2 aromatic rings. The predicted molar refractivity (Wildman–Crippen MR) is 107 cm³/mol. The number of hydrogen-bond acceptors (Lipinski definition) is 4. The van der Waals surface area contributed by atoms with E-state index in [2.05, 4.69) is 22.3 Å². The van der Waals surface area contributed by atoms with Gasteiger partial charge in [0.25, 0.3) is 5.91 Å². The molecule has 1 saturated heterocycles. The molecule has 5 nitrogen and oxygen atoms in total. The molecule has 0 aromatic heterocycles. The first-order valence-electron chi connectivity index (χ1n) is 8.85. The Morgan fingerprint density at radius 3 is 2.81 bits per heavy atom. The van der Waals surface area contributed by atoms with Gasteiger partial charge in [-0.25, -0.2) is 0 Å². The summed E-state index contributed by atoms with van der Waals surface area (Å²) in [7, 11) is 0. The van der Waals surface area contributed by atoms with E-state index < -0.39 is 0 Å². The molecule has 1 N–H and O–H groups in total. The van der Waals surface area contributed by atoms with E-state index in [0.29, 0.717) is 28.9 Å². The predicted octanol–water partition coefficient (Wildman–Crippen LogP) is 3.56. The summed E-state index contributed by atoms with van der Waals surface area (Å²) in [5.41, 5.74) is 1.18. The maximum absolute atomic E-state index is 12.0. The van der Waals surface area contributed by atoms with E-state index in [9.17, 15) is 4.79 Å². The molecule has 0 radical (unpaired) electrons. The summed E-state index contributed by atoms with van der Waals surface area (Å²) in [6.07, 6.45) is 0.0750. The molecule has 1 heterocycles. The lowest BCUT2D eigenvalue weighted by Gasteiger charge is -2.33. The number of morpholine rings is 1. The van der Waals surface area contributed by atoms with E-state index >= 15 is 0 Å². The number of ether oxygens (including phenoxy) is 2. The molecular formula is C20H22Cl2N2O3. The fourth-order valence-electron chi connectivity index (χ4n) is 2.92. The quantitative estimate of drug-likeness (QED) is 0.760. The Kier molecular flexibility index (Phi) is 7.35. The Morgan fingerprint density at radius 1 is 1.22 bits per heavy atom. The molecule has 1 aliphatic rings. The molecule has 3 rings (SSSR count). The molecule has 0 aliphatic carbocycles. The van der Waals surface area contributed by atoms with Crippen molar-refractivity contribution in [3.8, 4) is 5.75 Å². The van der Waals surface area contributed by atoms with Gasteiger partial charge in [0.1, 0.15) is 5.75 Å². The van der Waals surface area contributed by atoms with Crippen LogP contribution in [-0.2, 0) is 9.53 Å². The summed E-state index contributed by atoms with van der Waals surface area (Å²) in [6, 6.07) is 15.1. The first kappa shape index (κ1) is 20.0. The zero-order chi connectivity index (χ0) is 19.1. The first-order valence-corrected chi connectivity index (χ1v) is 9.61. The van der Waals surface area contributed by atoms with Gasteiger partial charge in [0.15, 0.2) is 6.61 Å². The van der Waals surface area contributed by atoms with Crippen molar-refractivity contribution in [3.63, 3.8) is 0 Å². The van der Waals surface area contributed by atoms with E-state index in [4.69, 9.17) is 32.7 Å². The summed E-state index contributed by atoms with van der Waals surface area (Å²) in [6.45, 7) is 3.59. The minimum atomic E-state index is -0.186. The minimum Gasteiger partial charge on any atom is -0.482 e. The number of hydrogen-bond donors (Lipinski definition) is 1. The van der Waals surface area contributed by atoms with E-state index in [1.165, 1.54) is 5.56 Å². The van der Waals surface area contributed by atoms with Crippen molar-refractivity contribution in [1.29, 1.82) is 0 Å². The Hall–Kier alpha value is -1.79. The van der Waals surface area contributed by atoms with Crippen LogP contribution in [0.3, 0.4) is 0 Å². The van der Waals surface area contributed by atoms with Crippen molar-refractivity contribution in [2.75, 3.05) is 39.4 Å². The average molecular weight is 409 g/mol. The van der Waals surface area contributed by atoms with Crippen molar-refractivity contribution >= 4 is 29.1 Å². The Balaban J connectivity index is 1.38. The zero-order valence-electron chi connectivity index (χ0n) is 14.9. The molecule has 1 amide bonds. The van der Waals surface area contributed by atoms with Crippen LogP contribution in [0.1, 0.15) is 11.7 Å². The van der Waals surface area contributed by atoms with Gasteiger partial charge in [-0.2, -0.15) is 0 Å². The summed E-state index contributed by atoms with van der Waals surface area (Å²) >= 11 is 11.9. The van der Waals surface area contributed by atoms with Crippen LogP contribution in [-0.4, -0.2) is 50.2 Å². The molecule has 1 aliphatic heterocycles. The first-order chi connectivity index (χ1) is 13.1. The SMILES string of the molecule is O=C(COc1ccc(Cl)cc1Cl)NCCN1CCOC(c2ccccc2)C1. The lowest BCUT2D eigenvalue weighted by Crippen LogP contribution is -2.43. The summed E-state index contributed by atoms with van der Waals surface area (Å²) < 4.78 is 11.3. The number of carbonyl (C=O) groups is 1.